The van der Waals surface area contributed by atoms with E-state index < -0.39 is 10.0 Å². The van der Waals surface area contributed by atoms with Gasteiger partial charge in [0.1, 0.15) is 18.1 Å². The van der Waals surface area contributed by atoms with E-state index in [1.54, 1.807) is 18.2 Å². The summed E-state index contributed by atoms with van der Waals surface area (Å²) in [6.07, 6.45) is 1.86. The minimum absolute atomic E-state index is 0.0860. The third-order valence-corrected chi connectivity index (χ3v) is 8.19. The lowest BCUT2D eigenvalue weighted by Crippen LogP contribution is -2.32. The number of ether oxygens (including phenoxy) is 2. The van der Waals surface area contributed by atoms with Gasteiger partial charge in [-0.1, -0.05) is 30.3 Å². The molecule has 1 aliphatic heterocycles. The summed E-state index contributed by atoms with van der Waals surface area (Å²) in [4.78, 5) is 15.1. The van der Waals surface area contributed by atoms with Crippen LogP contribution in [0.1, 0.15) is 24.0 Å². The maximum atomic E-state index is 13.4. The van der Waals surface area contributed by atoms with Crippen LogP contribution < -0.4 is 14.4 Å². The van der Waals surface area contributed by atoms with E-state index in [4.69, 9.17) is 9.47 Å². The van der Waals surface area contributed by atoms with Crippen LogP contribution in [0.2, 0.25) is 0 Å². The van der Waals surface area contributed by atoms with E-state index in [9.17, 15) is 13.2 Å². The van der Waals surface area contributed by atoms with Crippen LogP contribution in [0, 0.1) is 5.92 Å². The fraction of sp³-hybridized carbons (Fsp3) is 0.296. The molecule has 0 N–H and O–H groups in total. The second-order valence-electron chi connectivity index (χ2n) is 8.84. The van der Waals surface area contributed by atoms with Crippen LogP contribution in [0.15, 0.2) is 77.7 Å². The third-order valence-electron chi connectivity index (χ3n) is 6.35. The molecular formula is C27H28N2O5S. The van der Waals surface area contributed by atoms with Crippen molar-refractivity contribution in [2.75, 3.05) is 25.2 Å². The zero-order chi connectivity index (χ0) is 24.4. The van der Waals surface area contributed by atoms with Gasteiger partial charge in [-0.05, 0) is 54.8 Å². The number of methoxy groups -OCH3 is 1. The highest BCUT2D eigenvalue weighted by atomic mass is 32.2. The Bertz CT molecular complexity index is 1320. The molecule has 1 aliphatic carbocycles. The van der Waals surface area contributed by atoms with Crippen molar-refractivity contribution >= 4 is 21.6 Å². The van der Waals surface area contributed by atoms with Crippen LogP contribution in [-0.2, 0) is 27.9 Å². The molecule has 0 atom stereocenters. The summed E-state index contributed by atoms with van der Waals surface area (Å²) in [5.74, 6) is 1.37. The smallest absolute Gasteiger partial charge is 0.243 e. The van der Waals surface area contributed by atoms with Gasteiger partial charge in [-0.3, -0.25) is 4.79 Å². The first-order chi connectivity index (χ1) is 17.0. The fourth-order valence-electron chi connectivity index (χ4n) is 4.28. The summed E-state index contributed by atoms with van der Waals surface area (Å²) in [5, 5.41) is 0. The Morgan fingerprint density at radius 2 is 1.86 bits per heavy atom. The Labute approximate surface area is 205 Å². The van der Waals surface area contributed by atoms with E-state index >= 15 is 0 Å². The number of anilines is 1. The van der Waals surface area contributed by atoms with Gasteiger partial charge in [0.05, 0.1) is 18.6 Å². The number of amides is 1. The van der Waals surface area contributed by atoms with Gasteiger partial charge in [0.2, 0.25) is 15.9 Å². The zero-order valence-corrected chi connectivity index (χ0v) is 20.4. The molecule has 3 aromatic carbocycles. The Morgan fingerprint density at radius 3 is 2.60 bits per heavy atom. The molecule has 182 valence electrons. The van der Waals surface area contributed by atoms with Crippen molar-refractivity contribution in [1.29, 1.82) is 0 Å². The monoisotopic (exact) mass is 492 g/mol. The summed E-state index contributed by atoms with van der Waals surface area (Å²) in [5.41, 5.74) is 2.56. The van der Waals surface area contributed by atoms with E-state index in [1.165, 1.54) is 17.5 Å². The van der Waals surface area contributed by atoms with Gasteiger partial charge >= 0.3 is 0 Å². The molecular weight excluding hydrogens is 464 g/mol. The molecule has 0 bridgehead atoms. The predicted molar refractivity (Wildman–Crippen MR) is 133 cm³/mol. The first-order valence-corrected chi connectivity index (χ1v) is 13.1. The maximum Gasteiger partial charge on any atom is 0.243 e. The van der Waals surface area contributed by atoms with Gasteiger partial charge in [-0.15, -0.1) is 0 Å². The Hall–Kier alpha value is -3.36. The van der Waals surface area contributed by atoms with Crippen LogP contribution in [0.25, 0.3) is 0 Å². The van der Waals surface area contributed by atoms with Crippen molar-refractivity contribution in [3.63, 3.8) is 0 Å². The first-order valence-electron chi connectivity index (χ1n) is 11.7. The molecule has 35 heavy (non-hydrogen) atoms. The predicted octanol–water partition coefficient (Wildman–Crippen LogP) is 4.22. The molecule has 1 fully saturated rings. The molecule has 0 spiro atoms. The largest absolute Gasteiger partial charge is 0.497 e. The SMILES string of the molecule is COc1cccc(S(=O)(=O)N2CCOc3ccc(CN(C(=O)C4CC4)c4ccccc4)cc3C2)c1. The number of hydrogen-bond donors (Lipinski definition) is 0. The molecule has 0 saturated heterocycles. The van der Waals surface area contributed by atoms with Crippen molar-refractivity contribution in [3.05, 3.63) is 83.9 Å². The number of carbonyl (C=O) groups excluding carboxylic acids is 1. The summed E-state index contributed by atoms with van der Waals surface area (Å²) in [6, 6.07) is 21.9. The molecule has 1 amide bonds. The second kappa shape index (κ2) is 9.71. The van der Waals surface area contributed by atoms with Crippen LogP contribution in [0.5, 0.6) is 11.5 Å². The van der Waals surface area contributed by atoms with Crippen LogP contribution >= 0.6 is 0 Å². The number of carbonyl (C=O) groups is 1. The van der Waals surface area contributed by atoms with E-state index in [1.807, 2.05) is 53.4 Å². The van der Waals surface area contributed by atoms with Crippen molar-refractivity contribution in [3.8, 4) is 11.5 Å². The van der Waals surface area contributed by atoms with Gasteiger partial charge in [0.25, 0.3) is 0 Å². The lowest BCUT2D eigenvalue weighted by Gasteiger charge is -2.24. The number of rotatable bonds is 7. The molecule has 3 aromatic rings. The summed E-state index contributed by atoms with van der Waals surface area (Å²) < 4.78 is 39.3. The van der Waals surface area contributed by atoms with E-state index in [-0.39, 0.29) is 36.4 Å². The summed E-state index contributed by atoms with van der Waals surface area (Å²) in [6.45, 7) is 1.09. The van der Waals surface area contributed by atoms with Crippen molar-refractivity contribution in [2.45, 2.75) is 30.8 Å². The zero-order valence-electron chi connectivity index (χ0n) is 19.6. The quantitative estimate of drug-likeness (QED) is 0.494. The van der Waals surface area contributed by atoms with Crippen LogP contribution in [0.3, 0.4) is 0 Å². The number of hydrogen-bond acceptors (Lipinski definition) is 5. The van der Waals surface area contributed by atoms with Gasteiger partial charge in [0, 0.05) is 36.3 Å². The van der Waals surface area contributed by atoms with Gasteiger partial charge in [0.15, 0.2) is 0 Å². The van der Waals surface area contributed by atoms with Gasteiger partial charge < -0.3 is 14.4 Å². The van der Waals surface area contributed by atoms with Crippen molar-refractivity contribution in [1.82, 2.24) is 4.31 Å². The van der Waals surface area contributed by atoms with Gasteiger partial charge in [-0.25, -0.2) is 8.42 Å². The molecule has 5 rings (SSSR count). The number of para-hydroxylation sites is 1. The highest BCUT2D eigenvalue weighted by molar-refractivity contribution is 7.89. The van der Waals surface area contributed by atoms with Crippen LogP contribution in [-0.4, -0.2) is 38.9 Å². The average Bonchev–Trinajstić information content (AvgIpc) is 3.74. The lowest BCUT2D eigenvalue weighted by molar-refractivity contribution is -0.119. The van der Waals surface area contributed by atoms with Crippen LogP contribution in [0.4, 0.5) is 5.69 Å². The Kier molecular flexibility index (Phi) is 6.49. The minimum atomic E-state index is -3.75. The molecule has 8 heteroatoms. The third kappa shape index (κ3) is 5.04. The maximum absolute atomic E-state index is 13.4. The first kappa shape index (κ1) is 23.4. The molecule has 7 nitrogen and oxygen atoms in total. The molecule has 0 radical (unpaired) electrons. The van der Waals surface area contributed by atoms with E-state index in [2.05, 4.69) is 0 Å². The van der Waals surface area contributed by atoms with E-state index in [0.29, 0.717) is 18.0 Å². The Balaban J connectivity index is 1.42. The van der Waals surface area contributed by atoms with Crippen molar-refractivity contribution in [2.24, 2.45) is 5.92 Å². The highest BCUT2D eigenvalue weighted by Gasteiger charge is 2.34. The van der Waals surface area contributed by atoms with E-state index in [0.717, 1.165) is 29.7 Å². The molecule has 1 heterocycles. The second-order valence-corrected chi connectivity index (χ2v) is 10.8. The topological polar surface area (TPSA) is 76.2 Å². The minimum Gasteiger partial charge on any atom is -0.497 e. The lowest BCUT2D eigenvalue weighted by atomic mass is 10.1. The Morgan fingerprint density at radius 1 is 1.06 bits per heavy atom. The fourth-order valence-corrected chi connectivity index (χ4v) is 5.71. The van der Waals surface area contributed by atoms with Crippen molar-refractivity contribution < 1.29 is 22.7 Å². The highest BCUT2D eigenvalue weighted by Crippen LogP contribution is 2.34. The standard InChI is InChI=1S/C27H28N2O5S/c1-33-24-8-5-9-25(17-24)35(31,32)28-14-15-34-26-13-10-20(16-22(26)19-28)18-29(27(30)21-11-12-21)23-6-3-2-4-7-23/h2-10,13,16-17,21H,11-12,14-15,18-19H2,1H3. The normalized spacial score (nSPS) is 16.0. The summed E-state index contributed by atoms with van der Waals surface area (Å²) >= 11 is 0. The number of sulfonamides is 1. The number of benzene rings is 3. The average molecular weight is 493 g/mol. The molecule has 1 saturated carbocycles. The number of nitrogens with zero attached hydrogens (tertiary/aromatic N) is 2. The number of fused-ring (bicyclic) bond motifs is 1. The van der Waals surface area contributed by atoms with Gasteiger partial charge in [-0.2, -0.15) is 4.31 Å². The molecule has 0 unspecified atom stereocenters. The molecule has 2 aliphatic rings. The molecule has 0 aromatic heterocycles. The summed E-state index contributed by atoms with van der Waals surface area (Å²) in [7, 11) is -2.24.